The van der Waals surface area contributed by atoms with Gasteiger partial charge < -0.3 is 4.74 Å². The van der Waals surface area contributed by atoms with E-state index in [2.05, 4.69) is 9.97 Å². The Kier molecular flexibility index (Phi) is 3.74. The number of carbonyl (C=O) groups is 2. The summed E-state index contributed by atoms with van der Waals surface area (Å²) in [5, 5.41) is 11.7. The number of non-ortho nitro benzene ring substituents is 1. The summed E-state index contributed by atoms with van der Waals surface area (Å²) < 4.78 is 5.01. The van der Waals surface area contributed by atoms with Crippen LogP contribution in [0.25, 0.3) is 10.8 Å². The Hall–Kier alpha value is -3.59. The van der Waals surface area contributed by atoms with Gasteiger partial charge in [0.25, 0.3) is 17.5 Å². The molecule has 134 valence electrons. The predicted molar refractivity (Wildman–Crippen MR) is 95.3 cm³/mol. The SMILES string of the molecule is COc1cc(Cl)nc(N2C(=O)c3cccc4c([N+](=O)[O-])ccc(c34)C2=O)n1. The lowest BCUT2D eigenvalue weighted by molar-refractivity contribution is -0.383. The molecule has 0 bridgehead atoms. The molecule has 1 aliphatic heterocycles. The highest BCUT2D eigenvalue weighted by molar-refractivity contribution is 6.36. The molecular formula is C17H9ClN4O5. The average molecular weight is 385 g/mol. The number of rotatable bonds is 3. The van der Waals surface area contributed by atoms with E-state index in [1.165, 1.54) is 43.5 Å². The van der Waals surface area contributed by atoms with Gasteiger partial charge in [-0.1, -0.05) is 17.7 Å². The number of nitro groups is 1. The molecule has 0 fully saturated rings. The first-order valence-corrected chi connectivity index (χ1v) is 7.97. The van der Waals surface area contributed by atoms with Crippen LogP contribution in [0.15, 0.2) is 36.4 Å². The maximum Gasteiger partial charge on any atom is 0.277 e. The van der Waals surface area contributed by atoms with E-state index in [0.29, 0.717) is 0 Å². The van der Waals surface area contributed by atoms with Gasteiger partial charge in [-0.2, -0.15) is 9.97 Å². The molecule has 4 rings (SSSR count). The van der Waals surface area contributed by atoms with E-state index >= 15 is 0 Å². The first-order valence-electron chi connectivity index (χ1n) is 7.60. The summed E-state index contributed by atoms with van der Waals surface area (Å²) in [6, 6.07) is 8.37. The molecular weight excluding hydrogens is 376 g/mol. The number of hydrogen-bond acceptors (Lipinski definition) is 7. The monoisotopic (exact) mass is 384 g/mol. The number of hydrogen-bond donors (Lipinski definition) is 0. The van der Waals surface area contributed by atoms with Gasteiger partial charge in [0.1, 0.15) is 5.15 Å². The number of carbonyl (C=O) groups excluding carboxylic acids is 2. The molecule has 2 heterocycles. The van der Waals surface area contributed by atoms with E-state index in [4.69, 9.17) is 16.3 Å². The Bertz CT molecular complexity index is 1140. The Morgan fingerprint density at radius 3 is 2.48 bits per heavy atom. The summed E-state index contributed by atoms with van der Waals surface area (Å²) in [5.41, 5.74) is 0.0759. The van der Waals surface area contributed by atoms with E-state index in [0.717, 1.165) is 4.90 Å². The van der Waals surface area contributed by atoms with Crippen molar-refractivity contribution < 1.29 is 19.2 Å². The normalized spacial score (nSPS) is 13.2. The van der Waals surface area contributed by atoms with Gasteiger partial charge in [0, 0.05) is 28.6 Å². The van der Waals surface area contributed by atoms with Crippen LogP contribution in [0, 0.1) is 10.1 Å². The summed E-state index contributed by atoms with van der Waals surface area (Å²) in [6.07, 6.45) is 0. The Morgan fingerprint density at radius 1 is 1.11 bits per heavy atom. The fraction of sp³-hybridized carbons (Fsp3) is 0.0588. The van der Waals surface area contributed by atoms with Gasteiger partial charge >= 0.3 is 0 Å². The summed E-state index contributed by atoms with van der Waals surface area (Å²) in [4.78, 5) is 45.4. The average Bonchev–Trinajstić information content (AvgIpc) is 2.65. The number of ether oxygens (including phenoxy) is 1. The number of nitrogens with zero attached hydrogens (tertiary/aromatic N) is 4. The van der Waals surface area contributed by atoms with Crippen LogP contribution in [0.2, 0.25) is 5.15 Å². The van der Waals surface area contributed by atoms with Gasteiger partial charge in [-0.25, -0.2) is 4.90 Å². The smallest absolute Gasteiger partial charge is 0.277 e. The van der Waals surface area contributed by atoms with Crippen LogP contribution in [0.1, 0.15) is 20.7 Å². The fourth-order valence-corrected chi connectivity index (χ4v) is 3.18. The number of imide groups is 1. The zero-order chi connectivity index (χ0) is 19.3. The Balaban J connectivity index is 1.97. The van der Waals surface area contributed by atoms with Gasteiger partial charge in [0.05, 0.1) is 17.4 Å². The molecule has 10 heteroatoms. The molecule has 1 aliphatic rings. The van der Waals surface area contributed by atoms with Crippen LogP contribution in [0.4, 0.5) is 11.6 Å². The molecule has 0 saturated heterocycles. The molecule has 0 aliphatic carbocycles. The van der Waals surface area contributed by atoms with Gasteiger partial charge in [-0.15, -0.1) is 0 Å². The lowest BCUT2D eigenvalue weighted by Crippen LogP contribution is -2.41. The summed E-state index contributed by atoms with van der Waals surface area (Å²) in [5.74, 6) is -1.57. The van der Waals surface area contributed by atoms with Crippen molar-refractivity contribution in [3.8, 4) is 5.88 Å². The van der Waals surface area contributed by atoms with Crippen molar-refractivity contribution in [1.29, 1.82) is 0 Å². The molecule has 0 N–H and O–H groups in total. The van der Waals surface area contributed by atoms with Crippen molar-refractivity contribution in [1.82, 2.24) is 9.97 Å². The van der Waals surface area contributed by atoms with Crippen molar-refractivity contribution in [2.45, 2.75) is 0 Å². The molecule has 0 atom stereocenters. The molecule has 0 spiro atoms. The highest BCUT2D eigenvalue weighted by atomic mass is 35.5. The number of amides is 2. The van der Waals surface area contributed by atoms with Crippen LogP contribution < -0.4 is 9.64 Å². The van der Waals surface area contributed by atoms with Gasteiger partial charge in [0.2, 0.25) is 11.8 Å². The lowest BCUT2D eigenvalue weighted by atomic mass is 9.93. The topological polar surface area (TPSA) is 116 Å². The highest BCUT2D eigenvalue weighted by Gasteiger charge is 2.37. The number of benzene rings is 2. The number of aromatic nitrogens is 2. The molecule has 9 nitrogen and oxygen atoms in total. The van der Waals surface area contributed by atoms with Crippen molar-refractivity contribution in [2.24, 2.45) is 0 Å². The van der Waals surface area contributed by atoms with Crippen molar-refractivity contribution >= 4 is 45.8 Å². The molecule has 0 radical (unpaired) electrons. The molecule has 1 aromatic heterocycles. The van der Waals surface area contributed by atoms with Crippen molar-refractivity contribution in [3.63, 3.8) is 0 Å². The zero-order valence-electron chi connectivity index (χ0n) is 13.7. The summed E-state index contributed by atoms with van der Waals surface area (Å²) in [6.45, 7) is 0. The third-order valence-electron chi connectivity index (χ3n) is 4.15. The van der Waals surface area contributed by atoms with E-state index < -0.39 is 16.7 Å². The number of halogens is 1. The molecule has 27 heavy (non-hydrogen) atoms. The van der Waals surface area contributed by atoms with Gasteiger partial charge in [0.15, 0.2) is 0 Å². The second kappa shape index (κ2) is 5.99. The molecule has 0 unspecified atom stereocenters. The largest absolute Gasteiger partial charge is 0.481 e. The maximum absolute atomic E-state index is 13.0. The number of methoxy groups -OCH3 is 1. The second-order valence-corrected chi connectivity index (χ2v) is 5.98. The summed E-state index contributed by atoms with van der Waals surface area (Å²) in [7, 11) is 1.36. The maximum atomic E-state index is 13.0. The molecule has 3 aromatic rings. The molecule has 2 amide bonds. The predicted octanol–water partition coefficient (Wildman–Crippen LogP) is 3.00. The Labute approximate surface area is 156 Å². The number of nitro benzene ring substituents is 1. The first-order chi connectivity index (χ1) is 12.9. The zero-order valence-corrected chi connectivity index (χ0v) is 14.4. The van der Waals surface area contributed by atoms with E-state index in [-0.39, 0.29) is 44.6 Å². The quantitative estimate of drug-likeness (QED) is 0.295. The standard InChI is InChI=1S/C17H9ClN4O5/c1-27-13-7-12(18)19-17(20-13)21-15(23)9-4-2-3-8-11(22(25)26)6-5-10(14(8)9)16(21)24/h2-7H,1H3. The molecule has 2 aromatic carbocycles. The van der Waals surface area contributed by atoms with E-state index in [1.807, 2.05) is 0 Å². The third-order valence-corrected chi connectivity index (χ3v) is 4.34. The Morgan fingerprint density at radius 2 is 1.81 bits per heavy atom. The van der Waals surface area contributed by atoms with E-state index in [1.54, 1.807) is 0 Å². The van der Waals surface area contributed by atoms with Crippen LogP contribution in [0.3, 0.4) is 0 Å². The third kappa shape index (κ3) is 2.48. The highest BCUT2D eigenvalue weighted by Crippen LogP contribution is 2.36. The van der Waals surface area contributed by atoms with Crippen molar-refractivity contribution in [3.05, 3.63) is 62.8 Å². The minimum absolute atomic E-state index is 0.00912. The van der Waals surface area contributed by atoms with Crippen LogP contribution in [-0.2, 0) is 0 Å². The number of anilines is 1. The minimum Gasteiger partial charge on any atom is -0.481 e. The van der Waals surface area contributed by atoms with Crippen molar-refractivity contribution in [2.75, 3.05) is 12.0 Å². The van der Waals surface area contributed by atoms with Gasteiger partial charge in [-0.3, -0.25) is 19.7 Å². The minimum atomic E-state index is -0.706. The summed E-state index contributed by atoms with van der Waals surface area (Å²) >= 11 is 5.92. The van der Waals surface area contributed by atoms with Gasteiger partial charge in [-0.05, 0) is 18.2 Å². The molecule has 0 saturated carbocycles. The lowest BCUT2D eigenvalue weighted by Gasteiger charge is -2.25. The first kappa shape index (κ1) is 16.9. The van der Waals surface area contributed by atoms with E-state index in [9.17, 15) is 19.7 Å². The van der Waals surface area contributed by atoms with Crippen LogP contribution >= 0.6 is 11.6 Å². The fourth-order valence-electron chi connectivity index (χ4n) is 3.01. The van der Waals surface area contributed by atoms with Crippen LogP contribution in [0.5, 0.6) is 5.88 Å². The van der Waals surface area contributed by atoms with Crippen LogP contribution in [-0.4, -0.2) is 33.8 Å². The second-order valence-electron chi connectivity index (χ2n) is 5.60.